The molecule has 3 rings (SSSR count). The van der Waals surface area contributed by atoms with Crippen LogP contribution in [0.15, 0.2) is 59.8 Å². The second-order valence-corrected chi connectivity index (χ2v) is 12.2. The number of hydrogen-bond acceptors (Lipinski definition) is 5. The van der Waals surface area contributed by atoms with Crippen LogP contribution in [-0.2, 0) is 9.53 Å². The zero-order valence-electron chi connectivity index (χ0n) is 23.3. The van der Waals surface area contributed by atoms with Crippen LogP contribution in [0.5, 0.6) is 0 Å². The molecule has 0 radical (unpaired) electrons. The summed E-state index contributed by atoms with van der Waals surface area (Å²) < 4.78 is 5.36. The lowest BCUT2D eigenvalue weighted by atomic mass is 9.62. The number of carbonyl (C=O) groups excluding carboxylic acids is 1. The maximum absolute atomic E-state index is 12.5. The first-order valence-electron chi connectivity index (χ1n) is 14.1. The quantitative estimate of drug-likeness (QED) is 0.201. The van der Waals surface area contributed by atoms with E-state index in [1.54, 1.807) is 19.9 Å². The van der Waals surface area contributed by atoms with Crippen molar-refractivity contribution in [3.8, 4) is 0 Å². The fourth-order valence-corrected chi connectivity index (χ4v) is 6.50. The van der Waals surface area contributed by atoms with Gasteiger partial charge in [-0.2, -0.15) is 0 Å². The molecule has 3 N–H and O–H groups in total. The number of fused-ring (bicyclic) bond motifs is 1. The Morgan fingerprint density at radius 3 is 2.70 bits per heavy atom. The molecule has 5 nitrogen and oxygen atoms in total. The SMILES string of the molecule is C=C(/C=C/[C@@H](O)C(C)(C)C(=O)OCCCC)[C@H]1CC[C@H]2/C(=C/C=C3/C[C@@H](O)C[C@H](O)C3=C)CCC[C@]12C. The Morgan fingerprint density at radius 2 is 2.00 bits per heavy atom. The summed E-state index contributed by atoms with van der Waals surface area (Å²) in [4.78, 5) is 12.5. The first kappa shape index (κ1) is 29.6. The molecule has 0 aromatic carbocycles. The minimum Gasteiger partial charge on any atom is -0.465 e. The zero-order chi connectivity index (χ0) is 27.4. The average molecular weight is 513 g/mol. The van der Waals surface area contributed by atoms with Gasteiger partial charge in [0, 0.05) is 6.42 Å². The number of esters is 1. The molecule has 0 unspecified atom stereocenters. The number of hydrogen-bond donors (Lipinski definition) is 3. The van der Waals surface area contributed by atoms with Crippen molar-refractivity contribution in [1.82, 2.24) is 0 Å². The number of ether oxygens (including phenoxy) is 1. The molecule has 0 aromatic rings. The number of unbranched alkanes of at least 4 members (excludes halogenated alkanes) is 1. The van der Waals surface area contributed by atoms with Crippen LogP contribution >= 0.6 is 0 Å². The lowest BCUT2D eigenvalue weighted by molar-refractivity contribution is -0.158. The fraction of sp³-hybridized carbons (Fsp3) is 0.656. The Hall–Kier alpha value is -1.95. The Balaban J connectivity index is 1.70. The van der Waals surface area contributed by atoms with Crippen molar-refractivity contribution in [2.75, 3.05) is 6.61 Å². The van der Waals surface area contributed by atoms with Gasteiger partial charge in [-0.15, -0.1) is 0 Å². The lowest BCUT2D eigenvalue weighted by Gasteiger charge is -2.42. The molecule has 0 aliphatic heterocycles. The fourth-order valence-electron chi connectivity index (χ4n) is 6.50. The molecule has 0 saturated heterocycles. The van der Waals surface area contributed by atoms with Crippen molar-refractivity contribution in [2.24, 2.45) is 22.7 Å². The normalized spacial score (nSPS) is 33.6. The molecule has 3 saturated carbocycles. The van der Waals surface area contributed by atoms with E-state index < -0.39 is 23.7 Å². The predicted molar refractivity (Wildman–Crippen MR) is 149 cm³/mol. The first-order chi connectivity index (χ1) is 17.4. The van der Waals surface area contributed by atoms with Gasteiger partial charge in [0.1, 0.15) is 0 Å². The highest BCUT2D eigenvalue weighted by Gasteiger charge is 2.49. The smallest absolute Gasteiger partial charge is 0.314 e. The minimum atomic E-state index is -1.02. The van der Waals surface area contributed by atoms with Crippen molar-refractivity contribution < 1.29 is 24.9 Å². The summed E-state index contributed by atoms with van der Waals surface area (Å²) in [6.45, 7) is 16.7. The van der Waals surface area contributed by atoms with Gasteiger partial charge in [-0.25, -0.2) is 0 Å². The van der Waals surface area contributed by atoms with Crippen LogP contribution in [0.25, 0.3) is 0 Å². The molecule has 3 aliphatic rings. The number of allylic oxidation sites excluding steroid dienone is 5. The topological polar surface area (TPSA) is 87.0 Å². The van der Waals surface area contributed by atoms with E-state index in [0.717, 1.165) is 61.7 Å². The maximum Gasteiger partial charge on any atom is 0.314 e. The van der Waals surface area contributed by atoms with Gasteiger partial charge < -0.3 is 20.1 Å². The second-order valence-electron chi connectivity index (χ2n) is 12.2. The molecule has 0 heterocycles. The minimum absolute atomic E-state index is 0.0895. The summed E-state index contributed by atoms with van der Waals surface area (Å²) in [5, 5.41) is 31.1. The van der Waals surface area contributed by atoms with Crippen molar-refractivity contribution in [3.63, 3.8) is 0 Å². The van der Waals surface area contributed by atoms with Crippen molar-refractivity contribution in [3.05, 3.63) is 59.8 Å². The number of aliphatic hydroxyl groups is 3. The van der Waals surface area contributed by atoms with Crippen LogP contribution in [0.4, 0.5) is 0 Å². The third kappa shape index (κ3) is 6.55. The van der Waals surface area contributed by atoms with E-state index in [0.29, 0.717) is 31.3 Å². The number of aliphatic hydroxyl groups excluding tert-OH is 3. The van der Waals surface area contributed by atoms with Gasteiger partial charge in [0.2, 0.25) is 0 Å². The van der Waals surface area contributed by atoms with E-state index in [-0.39, 0.29) is 11.4 Å². The Kier molecular flexibility index (Phi) is 9.82. The van der Waals surface area contributed by atoms with Crippen LogP contribution in [-0.4, -0.2) is 46.2 Å². The summed E-state index contributed by atoms with van der Waals surface area (Å²) in [6.07, 6.45) is 13.8. The van der Waals surface area contributed by atoms with Gasteiger partial charge in [-0.05, 0) is 87.2 Å². The Morgan fingerprint density at radius 1 is 1.27 bits per heavy atom. The van der Waals surface area contributed by atoms with Crippen molar-refractivity contribution in [1.29, 1.82) is 0 Å². The monoisotopic (exact) mass is 512 g/mol. The van der Waals surface area contributed by atoms with Crippen LogP contribution in [0.1, 0.15) is 85.5 Å². The summed E-state index contributed by atoms with van der Waals surface area (Å²) >= 11 is 0. The van der Waals surface area contributed by atoms with Crippen LogP contribution < -0.4 is 0 Å². The molecule has 37 heavy (non-hydrogen) atoms. The van der Waals surface area contributed by atoms with Gasteiger partial charge >= 0.3 is 5.97 Å². The molecule has 0 bridgehead atoms. The Labute approximate surface area is 223 Å². The lowest BCUT2D eigenvalue weighted by Crippen LogP contribution is -2.37. The summed E-state index contributed by atoms with van der Waals surface area (Å²) in [5.41, 5.74) is 3.17. The highest BCUT2D eigenvalue weighted by Crippen LogP contribution is 2.59. The predicted octanol–water partition coefficient (Wildman–Crippen LogP) is 5.97. The van der Waals surface area contributed by atoms with Crippen LogP contribution in [0.2, 0.25) is 0 Å². The molecule has 0 aromatic heterocycles. The number of carbonyl (C=O) groups is 1. The Bertz CT molecular complexity index is 954. The van der Waals surface area contributed by atoms with Gasteiger partial charge in [-0.1, -0.05) is 68.9 Å². The average Bonchev–Trinajstić information content (AvgIpc) is 3.21. The number of rotatable bonds is 9. The molecule has 5 heteroatoms. The van der Waals surface area contributed by atoms with E-state index >= 15 is 0 Å². The zero-order valence-corrected chi connectivity index (χ0v) is 23.3. The molecular weight excluding hydrogens is 464 g/mol. The highest BCUT2D eigenvalue weighted by atomic mass is 16.5. The van der Waals surface area contributed by atoms with Crippen LogP contribution in [0, 0.1) is 22.7 Å². The second kappa shape index (κ2) is 12.3. The molecular formula is C32H48O5. The van der Waals surface area contributed by atoms with Gasteiger partial charge in [0.25, 0.3) is 0 Å². The van der Waals surface area contributed by atoms with E-state index in [2.05, 4.69) is 32.2 Å². The van der Waals surface area contributed by atoms with E-state index in [1.807, 2.05) is 13.0 Å². The molecule has 206 valence electrons. The standard InChI is InChI=1S/C32H48O5/c1-7-8-18-37-30(36)31(4,5)29(35)16-11-21(2)26-14-15-27-23(10-9-17-32(26,27)6)12-13-24-19-25(33)20-28(34)22(24)3/h11-13,16,25-29,33-35H,2-3,7-10,14-15,17-20H2,1,4-6H3/b16-11+,23-12+,24-13-/t25-,26-,27+,28+,29-,32-/m1/s1. The summed E-state index contributed by atoms with van der Waals surface area (Å²) in [7, 11) is 0. The van der Waals surface area contributed by atoms with Gasteiger partial charge in [-0.3, -0.25) is 4.79 Å². The van der Waals surface area contributed by atoms with E-state index in [1.165, 1.54) is 5.57 Å². The molecule has 0 amide bonds. The molecule has 0 spiro atoms. The molecule has 6 atom stereocenters. The van der Waals surface area contributed by atoms with Crippen molar-refractivity contribution in [2.45, 2.75) is 104 Å². The van der Waals surface area contributed by atoms with E-state index in [4.69, 9.17) is 4.74 Å². The highest BCUT2D eigenvalue weighted by molar-refractivity contribution is 5.77. The van der Waals surface area contributed by atoms with Gasteiger partial charge in [0.15, 0.2) is 0 Å². The molecule has 3 aliphatic carbocycles. The van der Waals surface area contributed by atoms with Crippen LogP contribution in [0.3, 0.4) is 0 Å². The third-order valence-corrected chi connectivity index (χ3v) is 9.17. The van der Waals surface area contributed by atoms with E-state index in [9.17, 15) is 20.1 Å². The third-order valence-electron chi connectivity index (χ3n) is 9.17. The maximum atomic E-state index is 12.5. The first-order valence-corrected chi connectivity index (χ1v) is 14.1. The van der Waals surface area contributed by atoms with Crippen molar-refractivity contribution >= 4 is 5.97 Å². The largest absolute Gasteiger partial charge is 0.465 e. The van der Waals surface area contributed by atoms with Gasteiger partial charge in [0.05, 0.1) is 30.3 Å². The molecule has 3 fully saturated rings. The summed E-state index contributed by atoms with van der Waals surface area (Å²) in [6, 6.07) is 0. The summed E-state index contributed by atoms with van der Waals surface area (Å²) in [5.74, 6) is 0.383.